The van der Waals surface area contributed by atoms with Crippen LogP contribution >= 0.6 is 0 Å². The summed E-state index contributed by atoms with van der Waals surface area (Å²) in [6, 6.07) is 7.78. The number of carbonyl (C=O) groups excluding carboxylic acids is 1. The van der Waals surface area contributed by atoms with Crippen molar-refractivity contribution in [3.63, 3.8) is 0 Å². The minimum atomic E-state index is -0.603. The van der Waals surface area contributed by atoms with E-state index in [1.165, 1.54) is 0 Å². The normalized spacial score (nSPS) is 10.7. The Labute approximate surface area is 151 Å². The van der Waals surface area contributed by atoms with Crippen molar-refractivity contribution in [2.75, 3.05) is 7.11 Å². The van der Waals surface area contributed by atoms with E-state index in [0.717, 1.165) is 33.4 Å². The van der Waals surface area contributed by atoms with Gasteiger partial charge in [0.05, 0.1) is 12.7 Å². The van der Waals surface area contributed by atoms with Crippen LogP contribution < -0.4 is 10.5 Å². The van der Waals surface area contributed by atoms with Gasteiger partial charge in [-0.25, -0.2) is 4.98 Å². The number of aromatic nitrogens is 2. The summed E-state index contributed by atoms with van der Waals surface area (Å²) in [5, 5.41) is 10.3. The highest BCUT2D eigenvalue weighted by Crippen LogP contribution is 2.38. The number of carbonyl (C=O) groups is 1. The molecule has 1 aromatic carbocycles. The molecular weight excluding hydrogens is 328 g/mol. The predicted molar refractivity (Wildman–Crippen MR) is 100 cm³/mol. The van der Waals surface area contributed by atoms with Crippen LogP contribution in [-0.2, 0) is 6.54 Å². The topological polar surface area (TPSA) is 93.9 Å². The average molecular weight is 348 g/mol. The number of fused-ring (bicyclic) bond motifs is 1. The fourth-order valence-corrected chi connectivity index (χ4v) is 3.40. The molecule has 0 fully saturated rings. The standard InChI is InChI=1S/C20H20N4O2/c1-5-24-10-13(9-21)18-14(8-15(19(22)25)23-20(18)24)17-11(2)6-7-16(26-4)12(17)3/h6-8,10H,5H2,1-4H3,(H2,22,25). The van der Waals surface area contributed by atoms with E-state index in [2.05, 4.69) is 11.1 Å². The predicted octanol–water partition coefficient (Wildman–Crippen LogP) is 3.32. The second kappa shape index (κ2) is 6.52. The molecule has 0 aliphatic rings. The molecule has 2 N–H and O–H groups in total. The van der Waals surface area contributed by atoms with E-state index in [9.17, 15) is 10.1 Å². The molecule has 0 spiro atoms. The number of amides is 1. The van der Waals surface area contributed by atoms with Crippen molar-refractivity contribution in [3.05, 3.63) is 46.8 Å². The molecule has 132 valence electrons. The number of rotatable bonds is 4. The van der Waals surface area contributed by atoms with Crippen LogP contribution in [0.2, 0.25) is 0 Å². The third-order valence-corrected chi connectivity index (χ3v) is 4.65. The summed E-state index contributed by atoms with van der Waals surface area (Å²) < 4.78 is 7.31. The number of benzene rings is 1. The zero-order valence-corrected chi connectivity index (χ0v) is 15.3. The Morgan fingerprint density at radius 3 is 2.69 bits per heavy atom. The Morgan fingerprint density at radius 2 is 2.12 bits per heavy atom. The number of nitrogens with zero attached hydrogens (tertiary/aromatic N) is 3. The summed E-state index contributed by atoms with van der Waals surface area (Å²) in [6.07, 6.45) is 1.76. The van der Waals surface area contributed by atoms with Crippen LogP contribution in [0.4, 0.5) is 0 Å². The molecule has 2 aromatic heterocycles. The molecule has 0 bridgehead atoms. The van der Waals surface area contributed by atoms with Gasteiger partial charge in [-0.2, -0.15) is 5.26 Å². The smallest absolute Gasteiger partial charge is 0.267 e. The zero-order valence-electron chi connectivity index (χ0n) is 15.3. The van der Waals surface area contributed by atoms with Gasteiger partial charge in [-0.1, -0.05) is 6.07 Å². The number of primary amides is 1. The Kier molecular flexibility index (Phi) is 4.39. The highest BCUT2D eigenvalue weighted by molar-refractivity contribution is 6.03. The van der Waals surface area contributed by atoms with Crippen molar-refractivity contribution in [2.24, 2.45) is 5.73 Å². The number of ether oxygens (including phenoxy) is 1. The SMILES string of the molecule is CCn1cc(C#N)c2c(-c3c(C)ccc(OC)c3C)cc(C(N)=O)nc21. The van der Waals surface area contributed by atoms with Crippen molar-refractivity contribution in [1.82, 2.24) is 9.55 Å². The van der Waals surface area contributed by atoms with Gasteiger partial charge in [0, 0.05) is 18.1 Å². The Morgan fingerprint density at radius 1 is 1.38 bits per heavy atom. The van der Waals surface area contributed by atoms with E-state index < -0.39 is 5.91 Å². The first kappa shape index (κ1) is 17.5. The Bertz CT molecular complexity index is 1070. The summed E-state index contributed by atoms with van der Waals surface area (Å²) >= 11 is 0. The van der Waals surface area contributed by atoms with Crippen LogP contribution in [0, 0.1) is 25.2 Å². The average Bonchev–Trinajstić information content (AvgIpc) is 2.99. The largest absolute Gasteiger partial charge is 0.496 e. The van der Waals surface area contributed by atoms with Crippen molar-refractivity contribution in [1.29, 1.82) is 5.26 Å². The van der Waals surface area contributed by atoms with Crippen molar-refractivity contribution in [2.45, 2.75) is 27.3 Å². The van der Waals surface area contributed by atoms with E-state index in [-0.39, 0.29) is 5.69 Å². The van der Waals surface area contributed by atoms with Gasteiger partial charge in [-0.05, 0) is 55.2 Å². The van der Waals surface area contributed by atoms with Gasteiger partial charge < -0.3 is 15.0 Å². The van der Waals surface area contributed by atoms with E-state index in [0.29, 0.717) is 17.8 Å². The van der Waals surface area contributed by atoms with Gasteiger partial charge in [-0.3, -0.25) is 4.79 Å². The molecule has 0 unspecified atom stereocenters. The number of methoxy groups -OCH3 is 1. The van der Waals surface area contributed by atoms with Crippen LogP contribution in [0.5, 0.6) is 5.75 Å². The van der Waals surface area contributed by atoms with Crippen molar-refractivity contribution in [3.8, 4) is 22.9 Å². The Hall–Kier alpha value is -3.33. The lowest BCUT2D eigenvalue weighted by molar-refractivity contribution is 0.0996. The highest BCUT2D eigenvalue weighted by atomic mass is 16.5. The van der Waals surface area contributed by atoms with Crippen LogP contribution in [0.15, 0.2) is 24.4 Å². The molecule has 0 atom stereocenters. The van der Waals surface area contributed by atoms with Crippen LogP contribution in [0.1, 0.15) is 34.1 Å². The summed E-state index contributed by atoms with van der Waals surface area (Å²) in [4.78, 5) is 16.3. The number of hydrogen-bond donors (Lipinski definition) is 1. The van der Waals surface area contributed by atoms with Crippen LogP contribution in [0.25, 0.3) is 22.2 Å². The molecule has 0 saturated heterocycles. The third kappa shape index (κ3) is 2.58. The minimum absolute atomic E-state index is 0.173. The zero-order chi connectivity index (χ0) is 19.0. The summed E-state index contributed by atoms with van der Waals surface area (Å²) in [5.41, 5.74) is 10.4. The fraction of sp³-hybridized carbons (Fsp3) is 0.250. The maximum Gasteiger partial charge on any atom is 0.267 e. The van der Waals surface area contributed by atoms with Crippen molar-refractivity contribution >= 4 is 16.9 Å². The second-order valence-electron chi connectivity index (χ2n) is 6.14. The fourth-order valence-electron chi connectivity index (χ4n) is 3.40. The molecule has 2 heterocycles. The van der Waals surface area contributed by atoms with E-state index in [1.54, 1.807) is 19.4 Å². The van der Waals surface area contributed by atoms with Crippen molar-refractivity contribution < 1.29 is 9.53 Å². The monoisotopic (exact) mass is 348 g/mol. The van der Waals surface area contributed by atoms with Gasteiger partial charge in [0.1, 0.15) is 23.2 Å². The van der Waals surface area contributed by atoms with Gasteiger partial charge in [-0.15, -0.1) is 0 Å². The minimum Gasteiger partial charge on any atom is -0.496 e. The number of nitriles is 1. The van der Waals surface area contributed by atoms with E-state index in [4.69, 9.17) is 10.5 Å². The lowest BCUT2D eigenvalue weighted by Gasteiger charge is -2.16. The Balaban J connectivity index is 2.52. The molecule has 3 aromatic rings. The summed E-state index contributed by atoms with van der Waals surface area (Å²) in [6.45, 7) is 6.53. The molecule has 26 heavy (non-hydrogen) atoms. The van der Waals surface area contributed by atoms with Gasteiger partial charge >= 0.3 is 0 Å². The first-order valence-corrected chi connectivity index (χ1v) is 8.31. The maximum atomic E-state index is 11.9. The number of hydrogen-bond acceptors (Lipinski definition) is 4. The molecule has 0 saturated carbocycles. The molecule has 0 radical (unpaired) electrons. The first-order valence-electron chi connectivity index (χ1n) is 8.31. The van der Waals surface area contributed by atoms with Gasteiger partial charge in [0.2, 0.25) is 0 Å². The number of pyridine rings is 1. The third-order valence-electron chi connectivity index (χ3n) is 4.65. The summed E-state index contributed by atoms with van der Waals surface area (Å²) in [5.74, 6) is 0.137. The van der Waals surface area contributed by atoms with Gasteiger partial charge in [0.25, 0.3) is 5.91 Å². The number of aryl methyl sites for hydroxylation is 2. The number of nitrogens with two attached hydrogens (primary N) is 1. The maximum absolute atomic E-state index is 11.9. The molecule has 6 nitrogen and oxygen atoms in total. The van der Waals surface area contributed by atoms with Crippen LogP contribution in [0.3, 0.4) is 0 Å². The van der Waals surface area contributed by atoms with E-state index in [1.807, 2.05) is 37.5 Å². The molecule has 1 amide bonds. The lowest BCUT2D eigenvalue weighted by Crippen LogP contribution is -2.14. The highest BCUT2D eigenvalue weighted by Gasteiger charge is 2.21. The summed E-state index contributed by atoms with van der Waals surface area (Å²) in [7, 11) is 1.62. The second-order valence-corrected chi connectivity index (χ2v) is 6.14. The van der Waals surface area contributed by atoms with Gasteiger partial charge in [0.15, 0.2) is 0 Å². The van der Waals surface area contributed by atoms with Crippen LogP contribution in [-0.4, -0.2) is 22.6 Å². The molecular formula is C20H20N4O2. The molecule has 0 aliphatic heterocycles. The molecule has 0 aliphatic carbocycles. The molecule has 6 heteroatoms. The first-order chi connectivity index (χ1) is 12.4. The lowest BCUT2D eigenvalue weighted by atomic mass is 9.92. The molecule has 3 rings (SSSR count). The quantitative estimate of drug-likeness (QED) is 0.782. The van der Waals surface area contributed by atoms with E-state index >= 15 is 0 Å².